The average molecular weight is 237 g/mol. The van der Waals surface area contributed by atoms with Gasteiger partial charge in [-0.05, 0) is 44.0 Å². The normalized spacial score (nSPS) is 21.8. The van der Waals surface area contributed by atoms with E-state index in [-0.39, 0.29) is 11.9 Å². The molecule has 1 aromatic rings. The number of rotatable bonds is 3. The van der Waals surface area contributed by atoms with E-state index in [2.05, 4.69) is 5.32 Å². The predicted molar refractivity (Wildman–Crippen MR) is 66.6 cm³/mol. The van der Waals surface area contributed by atoms with Crippen molar-refractivity contribution in [1.29, 1.82) is 0 Å². The van der Waals surface area contributed by atoms with Gasteiger partial charge in [0, 0.05) is 18.6 Å². The molecule has 0 aromatic heterocycles. The first-order valence-electron chi connectivity index (χ1n) is 6.15. The molecule has 0 aliphatic carbocycles. The quantitative estimate of drug-likeness (QED) is 0.872. The predicted octanol–water partition coefficient (Wildman–Crippen LogP) is 2.74. The molecule has 94 valence electrons. The van der Waals surface area contributed by atoms with Gasteiger partial charge in [0.05, 0.1) is 6.61 Å². The summed E-state index contributed by atoms with van der Waals surface area (Å²) < 4.78 is 19.0. The Labute approximate surface area is 102 Å². The van der Waals surface area contributed by atoms with Gasteiger partial charge in [0.2, 0.25) is 0 Å². The number of ether oxygens (including phenoxy) is 1. The first-order valence-corrected chi connectivity index (χ1v) is 6.15. The van der Waals surface area contributed by atoms with Gasteiger partial charge in [-0.3, -0.25) is 0 Å². The second-order valence-corrected chi connectivity index (χ2v) is 4.86. The van der Waals surface area contributed by atoms with Crippen LogP contribution in [0.4, 0.5) is 4.39 Å². The van der Waals surface area contributed by atoms with Crippen molar-refractivity contribution in [2.24, 2.45) is 5.92 Å². The zero-order valence-electron chi connectivity index (χ0n) is 10.7. The molecule has 1 saturated heterocycles. The van der Waals surface area contributed by atoms with E-state index in [4.69, 9.17) is 4.74 Å². The maximum absolute atomic E-state index is 13.6. The highest BCUT2D eigenvalue weighted by Gasteiger charge is 2.26. The lowest BCUT2D eigenvalue weighted by Gasteiger charge is -2.23. The fourth-order valence-corrected chi connectivity index (χ4v) is 2.65. The van der Waals surface area contributed by atoms with E-state index in [0.29, 0.717) is 5.92 Å². The SMILES string of the molecule is CNC(c1cc(C)c(F)c(C)c1)C1CCOC1. The molecule has 2 atom stereocenters. The van der Waals surface area contributed by atoms with Gasteiger partial charge in [0.1, 0.15) is 5.82 Å². The zero-order valence-corrected chi connectivity index (χ0v) is 10.7. The Morgan fingerprint density at radius 1 is 1.35 bits per heavy atom. The molecule has 1 heterocycles. The highest BCUT2D eigenvalue weighted by Crippen LogP contribution is 2.30. The van der Waals surface area contributed by atoms with Crippen molar-refractivity contribution in [3.8, 4) is 0 Å². The maximum atomic E-state index is 13.6. The van der Waals surface area contributed by atoms with Crippen LogP contribution in [-0.2, 0) is 4.74 Å². The molecule has 2 rings (SSSR count). The fraction of sp³-hybridized carbons (Fsp3) is 0.571. The third-order valence-electron chi connectivity index (χ3n) is 3.57. The van der Waals surface area contributed by atoms with Crippen LogP contribution >= 0.6 is 0 Å². The third kappa shape index (κ3) is 2.50. The van der Waals surface area contributed by atoms with Crippen LogP contribution in [0.15, 0.2) is 12.1 Å². The standard InChI is InChI=1S/C14H20FNO/c1-9-6-12(7-10(2)13(9)15)14(16-3)11-4-5-17-8-11/h6-7,11,14,16H,4-5,8H2,1-3H3. The first-order chi connectivity index (χ1) is 8.13. The number of aryl methyl sites for hydroxylation is 2. The molecule has 0 amide bonds. The monoisotopic (exact) mass is 237 g/mol. The molecule has 0 spiro atoms. The topological polar surface area (TPSA) is 21.3 Å². The third-order valence-corrected chi connectivity index (χ3v) is 3.57. The van der Waals surface area contributed by atoms with Crippen molar-refractivity contribution in [1.82, 2.24) is 5.32 Å². The molecule has 1 N–H and O–H groups in total. The van der Waals surface area contributed by atoms with E-state index in [1.165, 1.54) is 5.56 Å². The summed E-state index contributed by atoms with van der Waals surface area (Å²) in [4.78, 5) is 0. The van der Waals surface area contributed by atoms with Crippen LogP contribution in [0.3, 0.4) is 0 Å². The molecule has 0 bridgehead atoms. The van der Waals surface area contributed by atoms with E-state index in [1.54, 1.807) is 0 Å². The molecular weight excluding hydrogens is 217 g/mol. The summed E-state index contributed by atoms with van der Waals surface area (Å²) in [5, 5.41) is 3.33. The first kappa shape index (κ1) is 12.5. The summed E-state index contributed by atoms with van der Waals surface area (Å²) in [6.45, 7) is 5.27. The van der Waals surface area contributed by atoms with E-state index in [0.717, 1.165) is 30.8 Å². The van der Waals surface area contributed by atoms with Gasteiger partial charge in [-0.25, -0.2) is 4.39 Å². The van der Waals surface area contributed by atoms with Crippen molar-refractivity contribution >= 4 is 0 Å². The van der Waals surface area contributed by atoms with Crippen molar-refractivity contribution < 1.29 is 9.13 Å². The molecule has 0 saturated carbocycles. The number of benzene rings is 1. The molecule has 1 aromatic carbocycles. The highest BCUT2D eigenvalue weighted by atomic mass is 19.1. The number of halogens is 1. The number of hydrogen-bond donors (Lipinski definition) is 1. The van der Waals surface area contributed by atoms with Crippen LogP contribution in [0.1, 0.15) is 29.2 Å². The highest BCUT2D eigenvalue weighted by molar-refractivity contribution is 5.32. The Kier molecular flexibility index (Phi) is 3.79. The minimum Gasteiger partial charge on any atom is -0.381 e. The van der Waals surface area contributed by atoms with Gasteiger partial charge in [0.25, 0.3) is 0 Å². The summed E-state index contributed by atoms with van der Waals surface area (Å²) in [5.41, 5.74) is 2.61. The van der Waals surface area contributed by atoms with Crippen LogP contribution in [0, 0.1) is 25.6 Å². The minimum absolute atomic E-state index is 0.0914. The van der Waals surface area contributed by atoms with Gasteiger partial charge < -0.3 is 10.1 Å². The maximum Gasteiger partial charge on any atom is 0.129 e. The van der Waals surface area contributed by atoms with Crippen molar-refractivity contribution in [2.45, 2.75) is 26.3 Å². The summed E-state index contributed by atoms with van der Waals surface area (Å²) in [5.74, 6) is 0.399. The molecule has 3 heteroatoms. The lowest BCUT2D eigenvalue weighted by molar-refractivity contribution is 0.178. The second kappa shape index (κ2) is 5.15. The van der Waals surface area contributed by atoms with Crippen molar-refractivity contribution in [3.05, 3.63) is 34.6 Å². The van der Waals surface area contributed by atoms with Crippen LogP contribution in [0.5, 0.6) is 0 Å². The van der Waals surface area contributed by atoms with Gasteiger partial charge in [-0.1, -0.05) is 12.1 Å². The summed E-state index contributed by atoms with van der Waals surface area (Å²) >= 11 is 0. The summed E-state index contributed by atoms with van der Waals surface area (Å²) in [6.07, 6.45) is 1.07. The van der Waals surface area contributed by atoms with Crippen LogP contribution in [0.25, 0.3) is 0 Å². The Hall–Kier alpha value is -0.930. The van der Waals surface area contributed by atoms with Crippen LogP contribution in [0.2, 0.25) is 0 Å². The smallest absolute Gasteiger partial charge is 0.129 e. The number of nitrogens with one attached hydrogen (secondary N) is 1. The summed E-state index contributed by atoms with van der Waals surface area (Å²) in [7, 11) is 1.96. The van der Waals surface area contributed by atoms with Gasteiger partial charge in [0.15, 0.2) is 0 Å². The Morgan fingerprint density at radius 3 is 2.47 bits per heavy atom. The van der Waals surface area contributed by atoms with Gasteiger partial charge in [-0.15, -0.1) is 0 Å². The van der Waals surface area contributed by atoms with Crippen molar-refractivity contribution in [3.63, 3.8) is 0 Å². The Balaban J connectivity index is 2.30. The van der Waals surface area contributed by atoms with E-state index >= 15 is 0 Å². The number of hydrogen-bond acceptors (Lipinski definition) is 2. The minimum atomic E-state index is -0.0914. The van der Waals surface area contributed by atoms with Crippen LogP contribution < -0.4 is 5.32 Å². The largest absolute Gasteiger partial charge is 0.381 e. The van der Waals surface area contributed by atoms with E-state index in [9.17, 15) is 4.39 Å². The molecule has 0 radical (unpaired) electrons. The fourth-order valence-electron chi connectivity index (χ4n) is 2.65. The molecule has 2 unspecified atom stereocenters. The van der Waals surface area contributed by atoms with E-state index < -0.39 is 0 Å². The van der Waals surface area contributed by atoms with Crippen LogP contribution in [-0.4, -0.2) is 20.3 Å². The second-order valence-electron chi connectivity index (χ2n) is 4.86. The molecular formula is C14H20FNO. The molecule has 1 aliphatic rings. The average Bonchev–Trinajstić information content (AvgIpc) is 2.80. The van der Waals surface area contributed by atoms with Gasteiger partial charge in [-0.2, -0.15) is 0 Å². The molecule has 1 aliphatic heterocycles. The van der Waals surface area contributed by atoms with Gasteiger partial charge >= 0.3 is 0 Å². The zero-order chi connectivity index (χ0) is 12.4. The lowest BCUT2D eigenvalue weighted by atomic mass is 9.90. The molecule has 2 nitrogen and oxygen atoms in total. The Morgan fingerprint density at radius 2 is 2.00 bits per heavy atom. The van der Waals surface area contributed by atoms with E-state index in [1.807, 2.05) is 33.0 Å². The summed E-state index contributed by atoms with van der Waals surface area (Å²) in [6, 6.07) is 4.15. The molecule has 17 heavy (non-hydrogen) atoms. The molecule has 1 fully saturated rings. The van der Waals surface area contributed by atoms with Crippen molar-refractivity contribution in [2.75, 3.05) is 20.3 Å². The Bertz CT molecular complexity index is 376. The lowest BCUT2D eigenvalue weighted by Crippen LogP contribution is -2.25.